The Balaban J connectivity index is 1.23. The molecule has 11 heteroatoms. The number of urea groups is 1. The lowest BCUT2D eigenvalue weighted by Crippen LogP contribution is -2.62. The molecule has 4 amide bonds. The number of carbonyl (C=O) groups excluding carboxylic acids is 3. The number of methoxy groups -OCH3 is 1. The number of nitrogens with one attached hydrogen (secondary N) is 3. The lowest BCUT2D eigenvalue weighted by atomic mass is 9.86. The second kappa shape index (κ2) is 11.2. The smallest absolute Gasteiger partial charge is 0.326 e. The van der Waals surface area contributed by atoms with E-state index in [1.165, 1.54) is 17.8 Å². The van der Waals surface area contributed by atoms with Crippen molar-refractivity contribution in [1.29, 1.82) is 0 Å². The second-order valence-electron chi connectivity index (χ2n) is 10.6. The molecule has 3 N–H and O–H groups in total. The van der Waals surface area contributed by atoms with Crippen molar-refractivity contribution in [2.45, 2.75) is 36.9 Å². The van der Waals surface area contributed by atoms with Crippen LogP contribution in [0, 0.1) is 12.8 Å². The van der Waals surface area contributed by atoms with Gasteiger partial charge in [-0.2, -0.15) is 0 Å². The Bertz CT molecular complexity index is 1420. The summed E-state index contributed by atoms with van der Waals surface area (Å²) < 4.78 is 11.6. The van der Waals surface area contributed by atoms with Crippen LogP contribution in [-0.2, 0) is 14.3 Å². The predicted octanol–water partition coefficient (Wildman–Crippen LogP) is 3.11. The van der Waals surface area contributed by atoms with Gasteiger partial charge >= 0.3 is 6.03 Å². The van der Waals surface area contributed by atoms with Crippen LogP contribution in [0.2, 0.25) is 0 Å². The highest BCUT2D eigenvalue weighted by Gasteiger charge is 2.52. The van der Waals surface area contributed by atoms with Crippen LogP contribution in [0.1, 0.15) is 12.0 Å². The quantitative estimate of drug-likeness (QED) is 0.435. The molecule has 10 nitrogen and oxygen atoms in total. The summed E-state index contributed by atoms with van der Waals surface area (Å²) in [6.07, 6.45) is 1.68. The van der Waals surface area contributed by atoms with Gasteiger partial charge in [0, 0.05) is 37.5 Å². The van der Waals surface area contributed by atoms with Crippen molar-refractivity contribution in [3.63, 3.8) is 0 Å². The van der Waals surface area contributed by atoms with Crippen molar-refractivity contribution < 1.29 is 23.9 Å². The molecule has 4 aliphatic heterocycles. The van der Waals surface area contributed by atoms with Crippen LogP contribution in [0.4, 0.5) is 10.5 Å². The molecule has 2 aromatic rings. The molecule has 0 radical (unpaired) electrons. The molecular formula is C30H33N5O5S. The van der Waals surface area contributed by atoms with Crippen molar-refractivity contribution in [3.05, 3.63) is 77.4 Å². The fraction of sp³-hybridized carbons (Fsp3) is 0.367. The highest BCUT2D eigenvalue weighted by atomic mass is 32.2. The van der Waals surface area contributed by atoms with Gasteiger partial charge in [-0.15, -0.1) is 0 Å². The fourth-order valence-corrected chi connectivity index (χ4v) is 7.58. The molecule has 0 aliphatic carbocycles. The van der Waals surface area contributed by atoms with Crippen LogP contribution >= 0.6 is 11.8 Å². The highest BCUT2D eigenvalue weighted by Crippen LogP contribution is 2.48. The van der Waals surface area contributed by atoms with Crippen LogP contribution in [0.15, 0.2) is 71.8 Å². The molecule has 5 atom stereocenters. The second-order valence-corrected chi connectivity index (χ2v) is 11.7. The number of benzene rings is 2. The SMILES string of the molecule is C=CC(=O)N1C[C@H](NC(=O)C2=C3NC(=O)N(c4ccc(Oc5ccccc5)cc4C)C4CCNC(S2)C34)[C@H](OC)C1. The van der Waals surface area contributed by atoms with Gasteiger partial charge in [-0.25, -0.2) is 4.79 Å². The largest absolute Gasteiger partial charge is 0.457 e. The van der Waals surface area contributed by atoms with E-state index in [4.69, 9.17) is 9.47 Å². The van der Waals surface area contributed by atoms with Crippen molar-refractivity contribution in [1.82, 2.24) is 20.9 Å². The van der Waals surface area contributed by atoms with E-state index in [2.05, 4.69) is 22.5 Å². The van der Waals surface area contributed by atoms with Gasteiger partial charge in [0.1, 0.15) is 11.5 Å². The third-order valence-corrected chi connectivity index (χ3v) is 9.48. The summed E-state index contributed by atoms with van der Waals surface area (Å²) in [6, 6.07) is 14.6. The van der Waals surface area contributed by atoms with Crippen LogP contribution < -0.4 is 25.6 Å². The maximum atomic E-state index is 13.6. The maximum absolute atomic E-state index is 13.6. The first-order valence-electron chi connectivity index (χ1n) is 13.7. The first kappa shape index (κ1) is 27.4. The summed E-state index contributed by atoms with van der Waals surface area (Å²) >= 11 is 1.45. The van der Waals surface area contributed by atoms with E-state index < -0.39 is 0 Å². The van der Waals surface area contributed by atoms with Gasteiger partial charge in [0.25, 0.3) is 5.91 Å². The van der Waals surface area contributed by atoms with E-state index in [-0.39, 0.29) is 47.3 Å². The van der Waals surface area contributed by atoms with Crippen LogP contribution in [-0.4, -0.2) is 73.1 Å². The normalized spacial score (nSPS) is 26.9. The number of thioether (sulfide) groups is 1. The summed E-state index contributed by atoms with van der Waals surface area (Å²) in [4.78, 5) is 43.3. The lowest BCUT2D eigenvalue weighted by molar-refractivity contribution is -0.125. The van der Waals surface area contributed by atoms with Crippen LogP contribution in [0.5, 0.6) is 11.5 Å². The van der Waals surface area contributed by atoms with Crippen LogP contribution in [0.3, 0.4) is 0 Å². The molecule has 0 spiro atoms. The molecule has 2 aromatic carbocycles. The lowest BCUT2D eigenvalue weighted by Gasteiger charge is -2.46. The maximum Gasteiger partial charge on any atom is 0.326 e. The summed E-state index contributed by atoms with van der Waals surface area (Å²) in [6.45, 7) is 6.96. The van der Waals surface area contributed by atoms with Gasteiger partial charge in [0.15, 0.2) is 0 Å². The summed E-state index contributed by atoms with van der Waals surface area (Å²) in [5.74, 6) is 0.895. The number of hydrogen-bond donors (Lipinski definition) is 3. The Morgan fingerprint density at radius 3 is 2.68 bits per heavy atom. The minimum atomic E-state index is -0.369. The van der Waals surface area contributed by atoms with Gasteiger partial charge < -0.3 is 30.3 Å². The van der Waals surface area contributed by atoms with Crippen molar-refractivity contribution in [2.75, 3.05) is 31.6 Å². The minimum Gasteiger partial charge on any atom is -0.457 e. The van der Waals surface area contributed by atoms with Crippen molar-refractivity contribution in [3.8, 4) is 11.5 Å². The number of ether oxygens (including phenoxy) is 2. The van der Waals surface area contributed by atoms with E-state index in [9.17, 15) is 14.4 Å². The van der Waals surface area contributed by atoms with Gasteiger partial charge in [-0.3, -0.25) is 14.5 Å². The van der Waals surface area contributed by atoms with Gasteiger partial charge in [0.05, 0.1) is 28.5 Å². The molecule has 4 aliphatic rings. The van der Waals surface area contributed by atoms with Crippen molar-refractivity contribution >= 4 is 35.3 Å². The van der Waals surface area contributed by atoms with Gasteiger partial charge in [-0.1, -0.05) is 36.5 Å². The molecule has 214 valence electrons. The van der Waals surface area contributed by atoms with Crippen LogP contribution in [0.25, 0.3) is 0 Å². The number of nitrogens with zero attached hydrogens (tertiary/aromatic N) is 2. The Morgan fingerprint density at radius 2 is 1.95 bits per heavy atom. The summed E-state index contributed by atoms with van der Waals surface area (Å²) in [5, 5.41) is 9.60. The number of likely N-dealkylation sites (tertiary alicyclic amines) is 1. The van der Waals surface area contributed by atoms with E-state index >= 15 is 0 Å². The van der Waals surface area contributed by atoms with Gasteiger partial charge in [0.2, 0.25) is 5.91 Å². The number of para-hydroxylation sites is 1. The number of carbonyl (C=O) groups is 3. The van der Waals surface area contributed by atoms with Crippen molar-refractivity contribution in [2.24, 2.45) is 5.92 Å². The monoisotopic (exact) mass is 575 g/mol. The molecule has 0 aromatic heterocycles. The molecule has 4 heterocycles. The Kier molecular flexibility index (Phi) is 7.50. The zero-order chi connectivity index (χ0) is 28.7. The molecule has 41 heavy (non-hydrogen) atoms. The third kappa shape index (κ3) is 5.09. The Labute approximate surface area is 243 Å². The molecule has 3 fully saturated rings. The average Bonchev–Trinajstić information content (AvgIpc) is 3.56. The van der Waals surface area contributed by atoms with E-state index in [1.54, 1.807) is 12.0 Å². The molecule has 3 saturated heterocycles. The van der Waals surface area contributed by atoms with E-state index in [0.29, 0.717) is 29.4 Å². The number of piperidine rings is 1. The number of anilines is 1. The first-order valence-corrected chi connectivity index (χ1v) is 14.6. The summed E-state index contributed by atoms with van der Waals surface area (Å²) in [7, 11) is 1.57. The average molecular weight is 576 g/mol. The third-order valence-electron chi connectivity index (χ3n) is 8.13. The number of aryl methyl sites for hydroxylation is 1. The summed E-state index contributed by atoms with van der Waals surface area (Å²) in [5.41, 5.74) is 2.39. The topological polar surface area (TPSA) is 112 Å². The number of amides is 4. The molecule has 6 rings (SSSR count). The van der Waals surface area contributed by atoms with E-state index in [0.717, 1.165) is 30.0 Å². The molecule has 0 bridgehead atoms. The first-order chi connectivity index (χ1) is 19.9. The molecular weight excluding hydrogens is 542 g/mol. The zero-order valence-corrected chi connectivity index (χ0v) is 23.8. The number of hydrogen-bond acceptors (Lipinski definition) is 7. The van der Waals surface area contributed by atoms with Gasteiger partial charge in [-0.05, 0) is 61.9 Å². The Hall–Kier alpha value is -3.80. The standard InChI is InChI=1S/C30H33N5O5S/c1-4-24(36)34-15-20(23(16-34)39-3)32-28(37)27-26-25-22(12-13-31-29(25)41-27)35(30(38)33-26)21-11-10-19(14-17(21)2)40-18-8-6-5-7-9-18/h4-11,14,20,22-23,25,29,31H,1,12-13,15-16H2,2-3H3,(H,32,37)(H,33,38)/t20-,22?,23+,25?,29?/m0/s1. The zero-order valence-electron chi connectivity index (χ0n) is 23.0. The Morgan fingerprint density at radius 1 is 1.15 bits per heavy atom. The fourth-order valence-electron chi connectivity index (χ4n) is 6.18. The minimum absolute atomic E-state index is 0.0470. The highest BCUT2D eigenvalue weighted by molar-refractivity contribution is 8.04. The molecule has 0 saturated carbocycles. The predicted molar refractivity (Wildman–Crippen MR) is 157 cm³/mol. The number of rotatable bonds is 7. The molecule has 3 unspecified atom stereocenters. The van der Waals surface area contributed by atoms with E-state index in [1.807, 2.05) is 60.4 Å².